The van der Waals surface area contributed by atoms with Gasteiger partial charge in [0.15, 0.2) is 0 Å². The molecule has 1 heterocycles. The fraction of sp³-hybridized carbons (Fsp3) is 0.179. The van der Waals surface area contributed by atoms with Gasteiger partial charge in [0.05, 0.1) is 24.7 Å². The number of nitro groups is 1. The Balaban J connectivity index is 0.000000195. The molecule has 0 bridgehead atoms. The highest BCUT2D eigenvalue weighted by Crippen LogP contribution is 2.30. The predicted molar refractivity (Wildman–Crippen MR) is 504 cm³/mol. The van der Waals surface area contributed by atoms with Crippen LogP contribution in [0.1, 0.15) is 120 Å². The summed E-state index contributed by atoms with van der Waals surface area (Å²) in [6, 6.07) is 135. The first-order chi connectivity index (χ1) is 60.7. The Morgan fingerprint density at radius 1 is 0.371 bits per heavy atom. The van der Waals surface area contributed by atoms with E-state index in [9.17, 15) is 34.7 Å². The number of ether oxygens (including phenoxy) is 3. The van der Waals surface area contributed by atoms with E-state index in [1.807, 2.05) is 285 Å². The van der Waals surface area contributed by atoms with Gasteiger partial charge in [-0.25, -0.2) is 0 Å². The smallest absolute Gasteiger partial charge is 0.303 e. The van der Waals surface area contributed by atoms with Crippen molar-refractivity contribution in [2.45, 2.75) is 56.2 Å². The van der Waals surface area contributed by atoms with Crippen LogP contribution in [0.5, 0.6) is 0 Å². The Bertz CT molecular complexity index is 4680. The molecule has 14 aromatic rings. The van der Waals surface area contributed by atoms with Gasteiger partial charge in [-0.1, -0.05) is 410 Å². The van der Waals surface area contributed by atoms with Gasteiger partial charge in [-0.15, -0.1) is 23.2 Å². The zero-order valence-electron chi connectivity index (χ0n) is 69.3. The molecule has 1 aliphatic heterocycles. The maximum absolute atomic E-state index is 10.3. The van der Waals surface area contributed by atoms with Gasteiger partial charge in [-0.3, -0.25) is 29.4 Å². The van der Waals surface area contributed by atoms with Gasteiger partial charge in [0.25, 0.3) is 5.69 Å². The van der Waals surface area contributed by atoms with Crippen molar-refractivity contribution in [2.75, 3.05) is 64.3 Å². The molecule has 0 atom stereocenters. The van der Waals surface area contributed by atoms with Gasteiger partial charge in [0.1, 0.15) is 36.8 Å². The number of carbonyl (C=O) groups excluding carboxylic acids is 1. The van der Waals surface area contributed by atoms with Crippen molar-refractivity contribution in [3.8, 4) is 0 Å². The van der Waals surface area contributed by atoms with Gasteiger partial charge in [-0.2, -0.15) is 0 Å². The van der Waals surface area contributed by atoms with E-state index in [0.29, 0.717) is 37.8 Å². The monoisotopic (exact) mass is 1760 g/mol. The number of aryl methyl sites for hydroxylation is 2. The molecular formula is C106H108BrCl2N3O12. The Morgan fingerprint density at radius 3 is 0.847 bits per heavy atom. The zero-order valence-corrected chi connectivity index (χ0v) is 72.4. The van der Waals surface area contributed by atoms with Crippen LogP contribution in [0.25, 0.3) is 0 Å². The molecule has 0 unspecified atom stereocenters. The Morgan fingerprint density at radius 2 is 0.613 bits per heavy atom. The van der Waals surface area contributed by atoms with Crippen LogP contribution in [0.2, 0.25) is 0 Å². The van der Waals surface area contributed by atoms with Crippen LogP contribution in [0.15, 0.2) is 423 Å². The molecule has 0 saturated carbocycles. The van der Waals surface area contributed by atoms with E-state index >= 15 is 0 Å². The quantitative estimate of drug-likeness (QED) is 0.0133. The molecule has 1 aliphatic rings. The summed E-state index contributed by atoms with van der Waals surface area (Å²) in [5.41, 5.74) is 13.4. The van der Waals surface area contributed by atoms with E-state index in [2.05, 4.69) is 123 Å². The maximum Gasteiger partial charge on any atom is 0.303 e. The molecule has 1 saturated heterocycles. The molecule has 15 rings (SSSR count). The normalized spacial score (nSPS) is 11.1. The summed E-state index contributed by atoms with van der Waals surface area (Å²) in [5, 5.41) is 50.4. The minimum absolute atomic E-state index is 0.0177. The lowest BCUT2D eigenvalue weighted by molar-refractivity contribution is -0.384. The third-order valence-corrected chi connectivity index (χ3v) is 19.5. The number of piperazine rings is 1. The van der Waals surface area contributed by atoms with Crippen LogP contribution in [0.4, 0.5) is 5.69 Å². The summed E-state index contributed by atoms with van der Waals surface area (Å²) in [6.07, 6.45) is 1.03. The standard InChI is InChI=1S/C19H24N2O.2C15H15ClO.2C13H12O.C9H9NO4.C9H10O2.C7H6O.C6H5Br/c1-3-7-17(8-4-1)19(18-9-5-2-6-10-18)22-16-15-21-13-11-20-12-14-21;2*16-11-12-17-15(13-7-3-1-4-8-13)14-9-5-2-6-10-14;2*14-13(11-7-3-1-4-8-11)12-9-5-2-6-10-12;11-9(12)6-3-7-1-4-8(5-2-7)10(13)14;10-9(11)7-6-8-4-2-1-3-5-8;8-6-7-4-2-1-3-5-7;7-6-4-2-1-3-5-6/h1-10,19-20H,11-16H2;2*1-10,15H,11-12H2;2*1-10,13-14H;1-2,4-5H,3,6H2,(H,11,12);1-5H,6-7H2,(H,10,11);1-6H;1-5H. The van der Waals surface area contributed by atoms with Crippen molar-refractivity contribution in [1.82, 2.24) is 10.2 Å². The summed E-state index contributed by atoms with van der Waals surface area (Å²) in [4.78, 5) is 42.7. The number of aldehydes is 1. The maximum atomic E-state index is 10.3. The van der Waals surface area contributed by atoms with Crippen molar-refractivity contribution >= 4 is 63.0 Å². The SMILES string of the molecule is Brc1ccccc1.ClCCOC(c1ccccc1)c1ccccc1.ClCCOC(c1ccccc1)c1ccccc1.O=C(O)CCc1ccc([N+](=O)[O-])cc1.O=C(O)CCc1ccccc1.O=Cc1ccccc1.OC(c1ccccc1)c1ccccc1.OC(c1ccccc1)c1ccccc1.c1ccc(C(OCCN2CCNCC2)c2ccccc2)cc1. The minimum Gasteiger partial charge on any atom is -0.481 e. The van der Waals surface area contributed by atoms with Crippen LogP contribution < -0.4 is 5.32 Å². The lowest BCUT2D eigenvalue weighted by Gasteiger charge is -2.28. The van der Waals surface area contributed by atoms with Crippen molar-refractivity contribution < 1.29 is 53.9 Å². The second kappa shape index (κ2) is 61.2. The number of hydrogen-bond acceptors (Lipinski definition) is 12. The molecule has 0 aliphatic carbocycles. The van der Waals surface area contributed by atoms with Crippen LogP contribution >= 0.6 is 39.1 Å². The minimum atomic E-state index is -0.872. The average molecular weight is 1770 g/mol. The first kappa shape index (κ1) is 99.0. The number of aliphatic hydroxyl groups is 2. The molecule has 0 aromatic heterocycles. The number of nitrogens with one attached hydrogen (secondary N) is 1. The molecule has 0 amide bonds. The highest BCUT2D eigenvalue weighted by Gasteiger charge is 2.19. The first-order valence-corrected chi connectivity index (χ1v) is 42.8. The highest BCUT2D eigenvalue weighted by molar-refractivity contribution is 9.10. The molecule has 124 heavy (non-hydrogen) atoms. The third-order valence-electron chi connectivity index (χ3n) is 18.6. The first-order valence-electron chi connectivity index (χ1n) is 40.9. The molecular weight excluding hydrogens is 1660 g/mol. The largest absolute Gasteiger partial charge is 0.481 e. The Kier molecular flexibility index (Phi) is 48.9. The topological polar surface area (TPSA) is 218 Å². The van der Waals surface area contributed by atoms with Gasteiger partial charge < -0.3 is 40.0 Å². The van der Waals surface area contributed by atoms with Crippen LogP contribution in [-0.4, -0.2) is 113 Å². The number of non-ortho nitro benzene ring substituents is 1. The average Bonchev–Trinajstić information content (AvgIpc) is 0.853. The zero-order chi connectivity index (χ0) is 88.1. The van der Waals surface area contributed by atoms with Gasteiger partial charge in [0, 0.05) is 79.5 Å². The molecule has 5 N–H and O–H groups in total. The van der Waals surface area contributed by atoms with E-state index in [1.54, 1.807) is 24.3 Å². The number of aliphatic hydroxyl groups excluding tert-OH is 2. The number of carbonyl (C=O) groups is 3. The van der Waals surface area contributed by atoms with Crippen molar-refractivity contribution in [2.24, 2.45) is 0 Å². The van der Waals surface area contributed by atoms with E-state index in [0.717, 1.165) is 111 Å². The lowest BCUT2D eigenvalue weighted by Crippen LogP contribution is -2.44. The van der Waals surface area contributed by atoms with Crippen molar-refractivity contribution in [1.29, 1.82) is 0 Å². The summed E-state index contributed by atoms with van der Waals surface area (Å²) in [5.74, 6) is -0.594. The summed E-state index contributed by atoms with van der Waals surface area (Å²) >= 11 is 14.7. The summed E-state index contributed by atoms with van der Waals surface area (Å²) in [6.45, 7) is 7.26. The van der Waals surface area contributed by atoms with E-state index < -0.39 is 29.1 Å². The molecule has 14 aromatic carbocycles. The number of benzene rings is 14. The van der Waals surface area contributed by atoms with Crippen LogP contribution in [0, 0.1) is 10.1 Å². The third kappa shape index (κ3) is 40.3. The number of carboxylic acid groups (broad SMARTS) is 2. The number of alkyl halides is 2. The number of halogens is 3. The van der Waals surface area contributed by atoms with E-state index in [4.69, 9.17) is 47.6 Å². The molecule has 0 spiro atoms. The number of nitrogens with zero attached hydrogens (tertiary/aromatic N) is 2. The Hall–Kier alpha value is -12.1. The number of aliphatic carboxylic acids is 2. The molecule has 1 fully saturated rings. The van der Waals surface area contributed by atoms with Gasteiger partial charge in [0.2, 0.25) is 0 Å². The highest BCUT2D eigenvalue weighted by atomic mass is 79.9. The second-order valence-corrected chi connectivity index (χ2v) is 29.3. The molecule has 640 valence electrons. The van der Waals surface area contributed by atoms with Crippen LogP contribution in [-0.2, 0) is 36.6 Å². The molecule has 15 nitrogen and oxygen atoms in total. The predicted octanol–water partition coefficient (Wildman–Crippen LogP) is 23.6. The molecule has 0 radical (unpaired) electrons. The lowest BCUT2D eigenvalue weighted by atomic mass is 10.0. The summed E-state index contributed by atoms with van der Waals surface area (Å²) < 4.78 is 19.1. The number of nitro benzene ring substituents is 1. The number of rotatable bonds is 28. The fourth-order valence-corrected chi connectivity index (χ4v) is 12.8. The van der Waals surface area contributed by atoms with E-state index in [1.165, 1.54) is 23.3 Å². The number of carboxylic acids is 2. The van der Waals surface area contributed by atoms with Gasteiger partial charge in [-0.05, 0) is 91.7 Å². The van der Waals surface area contributed by atoms with Crippen molar-refractivity contribution in [3.05, 3.63) is 505 Å². The van der Waals surface area contributed by atoms with Crippen LogP contribution in [0.3, 0.4) is 0 Å². The van der Waals surface area contributed by atoms with E-state index in [-0.39, 0.29) is 36.8 Å². The summed E-state index contributed by atoms with van der Waals surface area (Å²) in [7, 11) is 0. The molecule has 18 heteroatoms. The number of hydrogen-bond donors (Lipinski definition) is 5. The fourth-order valence-electron chi connectivity index (χ4n) is 12.3. The van der Waals surface area contributed by atoms with Crippen molar-refractivity contribution in [3.63, 3.8) is 0 Å². The van der Waals surface area contributed by atoms with Gasteiger partial charge >= 0.3 is 11.9 Å². The Labute approximate surface area is 748 Å². The second-order valence-electron chi connectivity index (χ2n) is 27.7.